The molecule has 0 aliphatic carbocycles. The highest BCUT2D eigenvalue weighted by molar-refractivity contribution is 7.90. The van der Waals surface area contributed by atoms with Crippen molar-refractivity contribution in [1.82, 2.24) is 19.6 Å². The fourth-order valence-corrected chi connectivity index (χ4v) is 6.50. The number of sulfone groups is 1. The Bertz CT molecular complexity index is 1820. The molecule has 0 fully saturated rings. The lowest BCUT2D eigenvalue weighted by Crippen LogP contribution is -2.16. The molecule has 39 heavy (non-hydrogen) atoms. The van der Waals surface area contributed by atoms with Gasteiger partial charge in [0.1, 0.15) is 10.5 Å². The molecule has 0 spiro atoms. The molecule has 10 nitrogen and oxygen atoms in total. The molecule has 0 aliphatic rings. The molecule has 0 aliphatic heterocycles. The first-order valence-electron chi connectivity index (χ1n) is 11.7. The minimum absolute atomic E-state index is 0.000782. The van der Waals surface area contributed by atoms with Crippen LogP contribution in [-0.4, -0.2) is 48.4 Å². The van der Waals surface area contributed by atoms with E-state index in [2.05, 4.69) is 10.2 Å². The van der Waals surface area contributed by atoms with Crippen molar-refractivity contribution in [2.45, 2.75) is 44.0 Å². The van der Waals surface area contributed by atoms with Crippen LogP contribution in [0, 0.1) is 27.7 Å². The van der Waals surface area contributed by atoms with Gasteiger partial charge in [-0.2, -0.15) is 18.6 Å². The summed E-state index contributed by atoms with van der Waals surface area (Å²) in [5.41, 5.74) is 2.63. The smallest absolute Gasteiger partial charge is 0.340 e. The highest BCUT2D eigenvalue weighted by Crippen LogP contribution is 2.34. The molecule has 4 rings (SSSR count). The molecule has 0 saturated heterocycles. The zero-order chi connectivity index (χ0) is 28.9. The Labute approximate surface area is 232 Å². The van der Waals surface area contributed by atoms with E-state index in [0.29, 0.717) is 0 Å². The van der Waals surface area contributed by atoms with Crippen LogP contribution in [0.2, 0.25) is 5.02 Å². The number of hydrogen-bond donors (Lipinski definition) is 0. The van der Waals surface area contributed by atoms with E-state index in [1.54, 1.807) is 23.7 Å². The fourth-order valence-electron chi connectivity index (χ4n) is 4.24. The van der Waals surface area contributed by atoms with Crippen LogP contribution < -0.4 is 4.18 Å². The second kappa shape index (κ2) is 10.2. The summed E-state index contributed by atoms with van der Waals surface area (Å²) in [5.74, 6) is -0.962. The van der Waals surface area contributed by atoms with Crippen molar-refractivity contribution >= 4 is 37.3 Å². The van der Waals surface area contributed by atoms with Crippen LogP contribution in [0.25, 0.3) is 0 Å². The van der Waals surface area contributed by atoms with Crippen LogP contribution in [0.3, 0.4) is 0 Å². The summed E-state index contributed by atoms with van der Waals surface area (Å²) in [6.45, 7) is 6.98. The highest BCUT2D eigenvalue weighted by Gasteiger charge is 2.31. The first kappa shape index (κ1) is 28.5. The van der Waals surface area contributed by atoms with Gasteiger partial charge in [0, 0.05) is 30.1 Å². The van der Waals surface area contributed by atoms with Gasteiger partial charge in [0.15, 0.2) is 9.84 Å². The third kappa shape index (κ3) is 5.63. The minimum Gasteiger partial charge on any atom is -0.358 e. The molecule has 2 heterocycles. The van der Waals surface area contributed by atoms with Gasteiger partial charge in [0.05, 0.1) is 27.9 Å². The van der Waals surface area contributed by atoms with Gasteiger partial charge in [0.25, 0.3) is 0 Å². The molecular weight excluding hydrogens is 564 g/mol. The van der Waals surface area contributed by atoms with Crippen molar-refractivity contribution in [3.05, 3.63) is 86.8 Å². The van der Waals surface area contributed by atoms with Gasteiger partial charge in [-0.15, -0.1) is 0 Å². The average molecular weight is 591 g/mol. The van der Waals surface area contributed by atoms with Crippen LogP contribution in [0.1, 0.15) is 44.1 Å². The zero-order valence-electron chi connectivity index (χ0n) is 22.2. The maximum atomic E-state index is 13.8. The fraction of sp³-hybridized carbons (Fsp3) is 0.269. The minimum atomic E-state index is -4.30. The normalized spacial score (nSPS) is 12.1. The molecule has 206 valence electrons. The molecular formula is C26H27ClN4O6S2. The molecule has 13 heteroatoms. The van der Waals surface area contributed by atoms with Gasteiger partial charge in [0.2, 0.25) is 11.7 Å². The lowest BCUT2D eigenvalue weighted by atomic mass is 10.0. The molecule has 2 aromatic heterocycles. The van der Waals surface area contributed by atoms with Gasteiger partial charge in [-0.25, -0.2) is 13.1 Å². The van der Waals surface area contributed by atoms with Crippen LogP contribution in [0.4, 0.5) is 0 Å². The quantitative estimate of drug-likeness (QED) is 0.223. The van der Waals surface area contributed by atoms with Crippen molar-refractivity contribution in [2.75, 3.05) is 6.26 Å². The highest BCUT2D eigenvalue weighted by atomic mass is 35.5. The van der Waals surface area contributed by atoms with Gasteiger partial charge < -0.3 is 4.18 Å². The Hall–Kier alpha value is -3.48. The van der Waals surface area contributed by atoms with E-state index in [4.69, 9.17) is 15.8 Å². The number of aryl methyl sites for hydroxylation is 5. The van der Waals surface area contributed by atoms with E-state index in [9.17, 15) is 21.6 Å². The Morgan fingerprint density at radius 3 is 2.18 bits per heavy atom. The molecule has 0 radical (unpaired) electrons. The summed E-state index contributed by atoms with van der Waals surface area (Å²) in [6.07, 6.45) is 1.05. The van der Waals surface area contributed by atoms with Gasteiger partial charge in [-0.3, -0.25) is 9.48 Å². The molecule has 0 bridgehead atoms. The monoisotopic (exact) mass is 590 g/mol. The molecule has 4 aromatic rings. The van der Waals surface area contributed by atoms with E-state index in [1.807, 2.05) is 19.9 Å². The standard InChI is InChI=1S/C26H27ClN4O6S2/c1-15-7-9-19(10-8-15)39(35,36)37-26-23(18(4)29-30(26)5)25(32)20-11-12-22(38(6,33)34)21(24(20)27)14-31-17(3)13-16(2)28-31/h7-13H,14H2,1-6H3. The van der Waals surface area contributed by atoms with Crippen molar-refractivity contribution in [3.8, 4) is 5.88 Å². The Balaban J connectivity index is 1.83. The maximum Gasteiger partial charge on any atom is 0.340 e. The lowest BCUT2D eigenvalue weighted by Gasteiger charge is -2.15. The van der Waals surface area contributed by atoms with Gasteiger partial charge in [-0.05, 0) is 58.0 Å². The molecule has 2 aromatic carbocycles. The number of rotatable bonds is 8. The number of nitrogens with zero attached hydrogens (tertiary/aromatic N) is 4. The summed E-state index contributed by atoms with van der Waals surface area (Å²) in [6, 6.07) is 10.5. The van der Waals surface area contributed by atoms with E-state index in [1.165, 1.54) is 38.2 Å². The van der Waals surface area contributed by atoms with Gasteiger partial charge in [-0.1, -0.05) is 29.3 Å². The van der Waals surface area contributed by atoms with Crippen molar-refractivity contribution < 1.29 is 25.8 Å². The van der Waals surface area contributed by atoms with E-state index in [-0.39, 0.29) is 49.6 Å². The van der Waals surface area contributed by atoms with E-state index < -0.39 is 25.7 Å². The Kier molecular flexibility index (Phi) is 7.50. The number of carbonyl (C=O) groups is 1. The number of aromatic nitrogens is 4. The van der Waals surface area contributed by atoms with Crippen LogP contribution >= 0.6 is 11.6 Å². The number of hydrogen-bond acceptors (Lipinski definition) is 8. The summed E-state index contributed by atoms with van der Waals surface area (Å²) in [4.78, 5) is 13.7. The second-order valence-electron chi connectivity index (χ2n) is 9.33. The maximum absolute atomic E-state index is 13.8. The second-order valence-corrected chi connectivity index (χ2v) is 13.2. The zero-order valence-corrected chi connectivity index (χ0v) is 24.6. The predicted octanol–water partition coefficient (Wildman–Crippen LogP) is 3.95. The molecule has 0 N–H and O–H groups in total. The third-order valence-corrected chi connectivity index (χ3v) is 8.99. The largest absolute Gasteiger partial charge is 0.358 e. The van der Waals surface area contributed by atoms with Crippen LogP contribution in [0.5, 0.6) is 5.88 Å². The Morgan fingerprint density at radius 2 is 1.62 bits per heavy atom. The first-order valence-corrected chi connectivity index (χ1v) is 15.4. The topological polar surface area (TPSA) is 130 Å². The van der Waals surface area contributed by atoms with E-state index in [0.717, 1.165) is 27.9 Å². The summed E-state index contributed by atoms with van der Waals surface area (Å²) >= 11 is 6.72. The molecule has 0 saturated carbocycles. The van der Waals surface area contributed by atoms with Crippen molar-refractivity contribution in [3.63, 3.8) is 0 Å². The number of benzene rings is 2. The average Bonchev–Trinajstić information content (AvgIpc) is 3.29. The number of halogens is 1. The number of carbonyl (C=O) groups excluding carboxylic acids is 1. The third-order valence-electron chi connectivity index (χ3n) is 6.15. The molecule has 0 unspecified atom stereocenters. The Morgan fingerprint density at radius 1 is 0.974 bits per heavy atom. The number of ketones is 1. The predicted molar refractivity (Wildman–Crippen MR) is 146 cm³/mol. The van der Waals surface area contributed by atoms with Gasteiger partial charge >= 0.3 is 10.1 Å². The van der Waals surface area contributed by atoms with Crippen LogP contribution in [0.15, 0.2) is 52.3 Å². The summed E-state index contributed by atoms with van der Waals surface area (Å²) < 4.78 is 59.4. The lowest BCUT2D eigenvalue weighted by molar-refractivity contribution is 0.103. The summed E-state index contributed by atoms with van der Waals surface area (Å²) in [5, 5.41) is 8.49. The van der Waals surface area contributed by atoms with Crippen molar-refractivity contribution in [2.24, 2.45) is 7.05 Å². The SMILES string of the molecule is Cc1ccc(S(=O)(=O)Oc2c(C(=O)c3ccc(S(C)(=O)=O)c(Cn4nc(C)cc4C)c3Cl)c(C)nn2C)cc1. The van der Waals surface area contributed by atoms with Crippen LogP contribution in [-0.2, 0) is 33.5 Å². The van der Waals surface area contributed by atoms with Crippen molar-refractivity contribution in [1.29, 1.82) is 0 Å². The van der Waals surface area contributed by atoms with E-state index >= 15 is 0 Å². The first-order chi connectivity index (χ1) is 18.1. The molecule has 0 amide bonds. The summed E-state index contributed by atoms with van der Waals surface area (Å²) in [7, 11) is -6.57. The molecule has 0 atom stereocenters.